The summed E-state index contributed by atoms with van der Waals surface area (Å²) in [6.07, 6.45) is -3.25. The number of nitrogens with zero attached hydrogens (tertiary/aromatic N) is 3. The predicted octanol–water partition coefficient (Wildman–Crippen LogP) is 1.87. The molecule has 0 fully saturated rings. The zero-order valence-electron chi connectivity index (χ0n) is 8.05. The van der Waals surface area contributed by atoms with Crippen molar-refractivity contribution in [3.8, 4) is 0 Å². The number of halogens is 3. The normalized spacial score (nSPS) is 11.6. The fourth-order valence-electron chi connectivity index (χ4n) is 0.935. The van der Waals surface area contributed by atoms with Crippen molar-refractivity contribution >= 4 is 5.95 Å². The van der Waals surface area contributed by atoms with Gasteiger partial charge < -0.3 is 4.90 Å². The Labute approximate surface area is 79.6 Å². The Hall–Kier alpha value is -1.33. The number of hydrogen-bond acceptors (Lipinski definition) is 3. The number of alkyl halides is 3. The summed E-state index contributed by atoms with van der Waals surface area (Å²) in [5.41, 5.74) is -0.848. The van der Waals surface area contributed by atoms with E-state index in [0.717, 1.165) is 0 Å². The first-order chi connectivity index (χ1) is 6.32. The second kappa shape index (κ2) is 3.43. The lowest BCUT2D eigenvalue weighted by Gasteiger charge is -2.14. The van der Waals surface area contributed by atoms with Crippen LogP contribution in [0, 0.1) is 6.92 Å². The Balaban J connectivity index is 3.22. The minimum Gasteiger partial charge on any atom is -0.347 e. The molecule has 1 heterocycles. The smallest absolute Gasteiger partial charge is 0.347 e. The highest BCUT2D eigenvalue weighted by Gasteiger charge is 2.35. The van der Waals surface area contributed by atoms with E-state index in [0.29, 0.717) is 0 Å². The first-order valence-corrected chi connectivity index (χ1v) is 3.90. The molecule has 0 aliphatic heterocycles. The highest BCUT2D eigenvalue weighted by atomic mass is 19.4. The number of rotatable bonds is 1. The lowest BCUT2D eigenvalue weighted by Crippen LogP contribution is -2.17. The molecule has 6 heteroatoms. The van der Waals surface area contributed by atoms with Crippen molar-refractivity contribution in [2.24, 2.45) is 0 Å². The molecule has 3 nitrogen and oxygen atoms in total. The van der Waals surface area contributed by atoms with Gasteiger partial charge in [-0.15, -0.1) is 0 Å². The summed E-state index contributed by atoms with van der Waals surface area (Å²) in [6.45, 7) is 1.34. The van der Waals surface area contributed by atoms with Crippen LogP contribution >= 0.6 is 0 Å². The zero-order valence-corrected chi connectivity index (χ0v) is 8.05. The Morgan fingerprint density at radius 3 is 2.29 bits per heavy atom. The third-order valence-electron chi connectivity index (χ3n) is 1.63. The van der Waals surface area contributed by atoms with Crippen LogP contribution in [0.15, 0.2) is 6.20 Å². The molecule has 0 aromatic carbocycles. The molecule has 0 aliphatic carbocycles. The molecule has 0 radical (unpaired) electrons. The molecule has 0 aliphatic rings. The van der Waals surface area contributed by atoms with E-state index in [1.54, 1.807) is 14.1 Å². The predicted molar refractivity (Wildman–Crippen MR) is 46.1 cm³/mol. The van der Waals surface area contributed by atoms with Crippen LogP contribution in [0.25, 0.3) is 0 Å². The molecule has 0 N–H and O–H groups in total. The molecule has 0 saturated carbocycles. The monoisotopic (exact) mass is 205 g/mol. The Morgan fingerprint density at radius 2 is 1.86 bits per heavy atom. The summed E-state index contributed by atoms with van der Waals surface area (Å²) in [5.74, 6) is 0.0583. The molecule has 1 rings (SSSR count). The average Bonchev–Trinajstić information content (AvgIpc) is 2.02. The Bertz CT molecular complexity index is 333. The Kier molecular flexibility index (Phi) is 2.64. The minimum absolute atomic E-state index is 0.0306. The number of aromatic nitrogens is 2. The average molecular weight is 205 g/mol. The van der Waals surface area contributed by atoms with Crippen molar-refractivity contribution in [3.05, 3.63) is 17.5 Å². The quantitative estimate of drug-likeness (QED) is 0.700. The molecule has 0 amide bonds. The van der Waals surface area contributed by atoms with Gasteiger partial charge in [-0.3, -0.25) is 0 Å². The summed E-state index contributed by atoms with van der Waals surface area (Å²) in [7, 11) is 3.18. The van der Waals surface area contributed by atoms with Gasteiger partial charge in [0, 0.05) is 20.3 Å². The highest BCUT2D eigenvalue weighted by Crippen LogP contribution is 2.30. The van der Waals surface area contributed by atoms with E-state index in [2.05, 4.69) is 9.97 Å². The number of anilines is 1. The fraction of sp³-hybridized carbons (Fsp3) is 0.500. The lowest BCUT2D eigenvalue weighted by molar-refractivity contribution is -0.141. The van der Waals surface area contributed by atoms with Gasteiger partial charge in [0.2, 0.25) is 5.95 Å². The third kappa shape index (κ3) is 2.12. The van der Waals surface area contributed by atoms with Gasteiger partial charge in [-0.1, -0.05) is 0 Å². The van der Waals surface area contributed by atoms with Gasteiger partial charge in [0.15, 0.2) is 5.69 Å². The van der Waals surface area contributed by atoms with Crippen LogP contribution in [0.3, 0.4) is 0 Å². The van der Waals surface area contributed by atoms with Crippen molar-refractivity contribution in [2.75, 3.05) is 19.0 Å². The van der Waals surface area contributed by atoms with Crippen LogP contribution < -0.4 is 4.90 Å². The maximum atomic E-state index is 12.4. The molecule has 0 saturated heterocycles. The van der Waals surface area contributed by atoms with Gasteiger partial charge in [-0.25, -0.2) is 9.97 Å². The number of aryl methyl sites for hydroxylation is 1. The third-order valence-corrected chi connectivity index (χ3v) is 1.63. The van der Waals surface area contributed by atoms with Crippen molar-refractivity contribution in [1.29, 1.82) is 0 Å². The zero-order chi connectivity index (χ0) is 10.9. The maximum Gasteiger partial charge on any atom is 0.433 e. The fourth-order valence-corrected chi connectivity index (χ4v) is 0.935. The minimum atomic E-state index is -4.42. The van der Waals surface area contributed by atoms with Crippen LogP contribution in [-0.2, 0) is 6.18 Å². The standard InChI is InChI=1S/C8H10F3N3/c1-5-4-12-7(14(2)3)13-6(5)8(9,10)11/h4H,1-3H3. The van der Waals surface area contributed by atoms with Crippen molar-refractivity contribution < 1.29 is 13.2 Å². The van der Waals surface area contributed by atoms with Crippen molar-refractivity contribution in [1.82, 2.24) is 9.97 Å². The Morgan fingerprint density at radius 1 is 1.29 bits per heavy atom. The molecule has 1 aromatic rings. The summed E-state index contributed by atoms with van der Waals surface area (Å²) in [6, 6.07) is 0. The van der Waals surface area contributed by atoms with Gasteiger partial charge in [-0.2, -0.15) is 13.2 Å². The van der Waals surface area contributed by atoms with Crippen LogP contribution in [0.2, 0.25) is 0 Å². The van der Waals surface area contributed by atoms with E-state index < -0.39 is 11.9 Å². The highest BCUT2D eigenvalue weighted by molar-refractivity contribution is 5.31. The first kappa shape index (κ1) is 10.7. The van der Waals surface area contributed by atoms with Gasteiger partial charge >= 0.3 is 6.18 Å². The summed E-state index contributed by atoms with van der Waals surface area (Å²) >= 11 is 0. The maximum absolute atomic E-state index is 12.4. The molecule has 0 spiro atoms. The van der Waals surface area contributed by atoms with Crippen LogP contribution in [0.5, 0.6) is 0 Å². The molecule has 14 heavy (non-hydrogen) atoms. The van der Waals surface area contributed by atoms with Crippen molar-refractivity contribution in [2.45, 2.75) is 13.1 Å². The van der Waals surface area contributed by atoms with Gasteiger partial charge in [0.25, 0.3) is 0 Å². The SMILES string of the molecule is Cc1cnc(N(C)C)nc1C(F)(F)F. The molecule has 0 unspecified atom stereocenters. The topological polar surface area (TPSA) is 29.0 Å². The van der Waals surface area contributed by atoms with Gasteiger partial charge in [-0.05, 0) is 12.5 Å². The van der Waals surface area contributed by atoms with Crippen LogP contribution in [0.1, 0.15) is 11.3 Å². The second-order valence-electron chi connectivity index (χ2n) is 3.09. The molecule has 0 bridgehead atoms. The molecular weight excluding hydrogens is 195 g/mol. The summed E-state index contributed by atoms with van der Waals surface area (Å²) in [4.78, 5) is 8.62. The number of hydrogen-bond donors (Lipinski definition) is 0. The van der Waals surface area contributed by atoms with Crippen LogP contribution in [-0.4, -0.2) is 24.1 Å². The lowest BCUT2D eigenvalue weighted by atomic mass is 10.2. The molecular formula is C8H10F3N3. The second-order valence-corrected chi connectivity index (χ2v) is 3.09. The first-order valence-electron chi connectivity index (χ1n) is 3.90. The van der Waals surface area contributed by atoms with E-state index >= 15 is 0 Å². The molecule has 78 valence electrons. The molecule has 0 atom stereocenters. The van der Waals surface area contributed by atoms with Gasteiger partial charge in [0.05, 0.1) is 0 Å². The van der Waals surface area contributed by atoms with Gasteiger partial charge in [0.1, 0.15) is 0 Å². The van der Waals surface area contributed by atoms with E-state index in [-0.39, 0.29) is 11.5 Å². The largest absolute Gasteiger partial charge is 0.433 e. The van der Waals surface area contributed by atoms with Crippen molar-refractivity contribution in [3.63, 3.8) is 0 Å². The summed E-state index contributed by atoms with van der Waals surface area (Å²) in [5, 5.41) is 0. The van der Waals surface area contributed by atoms with Crippen LogP contribution in [0.4, 0.5) is 19.1 Å². The van der Waals surface area contributed by atoms with E-state index in [4.69, 9.17) is 0 Å². The van der Waals surface area contributed by atoms with E-state index in [1.165, 1.54) is 18.0 Å². The van der Waals surface area contributed by atoms with E-state index in [1.807, 2.05) is 0 Å². The summed E-state index contributed by atoms with van der Waals surface area (Å²) < 4.78 is 37.1. The van der Waals surface area contributed by atoms with E-state index in [9.17, 15) is 13.2 Å². The molecule has 1 aromatic heterocycles.